The standard InChI is InChI=1S/C22H18Cl2O4/c1-2-26-16-4-6-17(7-5-16)27-14-19-9-8-18(28-19)10-12-22(25)20-11-3-15(23)13-21(20)24/h3-13H,2,14H2,1H3/b12-10+. The van der Waals surface area contributed by atoms with Crippen LogP contribution in [-0.2, 0) is 6.61 Å². The molecule has 0 aliphatic heterocycles. The molecule has 0 saturated heterocycles. The molecule has 0 N–H and O–H groups in total. The van der Waals surface area contributed by atoms with Crippen molar-refractivity contribution in [3.8, 4) is 11.5 Å². The summed E-state index contributed by atoms with van der Waals surface area (Å²) in [5, 5.41) is 0.791. The van der Waals surface area contributed by atoms with E-state index in [4.69, 9.17) is 37.1 Å². The lowest BCUT2D eigenvalue weighted by Crippen LogP contribution is -1.95. The summed E-state index contributed by atoms with van der Waals surface area (Å²) < 4.78 is 16.7. The van der Waals surface area contributed by atoms with Gasteiger partial charge in [-0.15, -0.1) is 0 Å². The molecule has 1 heterocycles. The van der Waals surface area contributed by atoms with E-state index in [0.29, 0.717) is 39.5 Å². The van der Waals surface area contributed by atoms with Crippen molar-refractivity contribution in [3.05, 3.63) is 87.8 Å². The van der Waals surface area contributed by atoms with Gasteiger partial charge in [-0.25, -0.2) is 0 Å². The average molecular weight is 417 g/mol. The van der Waals surface area contributed by atoms with Crippen molar-refractivity contribution in [3.63, 3.8) is 0 Å². The molecule has 144 valence electrons. The quantitative estimate of drug-likeness (QED) is 0.312. The number of furan rings is 1. The monoisotopic (exact) mass is 416 g/mol. The Morgan fingerprint density at radius 1 is 1.00 bits per heavy atom. The SMILES string of the molecule is CCOc1ccc(OCc2ccc(/C=C/C(=O)c3ccc(Cl)cc3Cl)o2)cc1. The average Bonchev–Trinajstić information content (AvgIpc) is 3.14. The summed E-state index contributed by atoms with van der Waals surface area (Å²) in [6, 6.07) is 15.7. The number of ketones is 1. The maximum absolute atomic E-state index is 12.3. The van der Waals surface area contributed by atoms with Crippen LogP contribution < -0.4 is 9.47 Å². The Labute approximate surface area is 173 Å². The van der Waals surface area contributed by atoms with Gasteiger partial charge in [-0.1, -0.05) is 23.2 Å². The van der Waals surface area contributed by atoms with Crippen LogP contribution >= 0.6 is 23.2 Å². The summed E-state index contributed by atoms with van der Waals surface area (Å²) in [6.45, 7) is 2.83. The Kier molecular flexibility index (Phi) is 6.80. The van der Waals surface area contributed by atoms with Crippen molar-refractivity contribution in [1.82, 2.24) is 0 Å². The van der Waals surface area contributed by atoms with Crippen molar-refractivity contribution < 1.29 is 18.7 Å². The highest BCUT2D eigenvalue weighted by Gasteiger charge is 2.08. The minimum Gasteiger partial charge on any atom is -0.494 e. The zero-order valence-electron chi connectivity index (χ0n) is 15.2. The Bertz CT molecular complexity index is 974. The molecule has 0 unspecified atom stereocenters. The van der Waals surface area contributed by atoms with Gasteiger partial charge in [0.1, 0.15) is 29.6 Å². The second kappa shape index (κ2) is 9.49. The van der Waals surface area contributed by atoms with Gasteiger partial charge >= 0.3 is 0 Å². The van der Waals surface area contributed by atoms with Crippen LogP contribution in [0.15, 0.2) is 65.1 Å². The largest absolute Gasteiger partial charge is 0.494 e. The van der Waals surface area contributed by atoms with Crippen LogP contribution in [0.2, 0.25) is 10.0 Å². The van der Waals surface area contributed by atoms with Crippen LogP contribution in [0.4, 0.5) is 0 Å². The first-order valence-electron chi connectivity index (χ1n) is 8.67. The van der Waals surface area contributed by atoms with E-state index in [0.717, 1.165) is 5.75 Å². The summed E-state index contributed by atoms with van der Waals surface area (Å²) >= 11 is 11.9. The third-order valence-electron chi connectivity index (χ3n) is 3.79. The third-order valence-corrected chi connectivity index (χ3v) is 4.34. The molecule has 3 aromatic rings. The molecule has 0 radical (unpaired) electrons. The lowest BCUT2D eigenvalue weighted by Gasteiger charge is -2.06. The smallest absolute Gasteiger partial charge is 0.187 e. The third kappa shape index (κ3) is 5.41. The highest BCUT2D eigenvalue weighted by molar-refractivity contribution is 6.37. The molecule has 0 atom stereocenters. The molecule has 1 aromatic heterocycles. The number of carbonyl (C=O) groups excluding carboxylic acids is 1. The molecule has 0 bridgehead atoms. The van der Waals surface area contributed by atoms with E-state index < -0.39 is 0 Å². The van der Waals surface area contributed by atoms with Crippen LogP contribution in [0, 0.1) is 0 Å². The summed E-state index contributed by atoms with van der Waals surface area (Å²) in [4.78, 5) is 12.3. The molecule has 0 saturated carbocycles. The van der Waals surface area contributed by atoms with E-state index in [2.05, 4.69) is 0 Å². The molecular formula is C22H18Cl2O4. The first-order chi connectivity index (χ1) is 13.5. The molecule has 0 aliphatic rings. The molecular weight excluding hydrogens is 399 g/mol. The van der Waals surface area contributed by atoms with Crippen LogP contribution in [0.3, 0.4) is 0 Å². The van der Waals surface area contributed by atoms with Crippen molar-refractivity contribution in [2.75, 3.05) is 6.61 Å². The van der Waals surface area contributed by atoms with Crippen LogP contribution in [0.5, 0.6) is 11.5 Å². The van der Waals surface area contributed by atoms with Crippen LogP contribution in [0.25, 0.3) is 6.08 Å². The van der Waals surface area contributed by atoms with E-state index >= 15 is 0 Å². The molecule has 0 amide bonds. The van der Waals surface area contributed by atoms with Gasteiger partial charge in [-0.05, 0) is 73.7 Å². The van der Waals surface area contributed by atoms with E-state index in [-0.39, 0.29) is 12.4 Å². The van der Waals surface area contributed by atoms with Gasteiger partial charge in [0.05, 0.1) is 11.6 Å². The maximum Gasteiger partial charge on any atom is 0.187 e. The lowest BCUT2D eigenvalue weighted by atomic mass is 10.1. The van der Waals surface area contributed by atoms with Crippen LogP contribution in [-0.4, -0.2) is 12.4 Å². The topological polar surface area (TPSA) is 48.7 Å². The minimum absolute atomic E-state index is 0.231. The highest BCUT2D eigenvalue weighted by atomic mass is 35.5. The number of allylic oxidation sites excluding steroid dienone is 1. The minimum atomic E-state index is -0.231. The summed E-state index contributed by atoms with van der Waals surface area (Å²) in [5.74, 6) is 2.47. The molecule has 0 spiro atoms. The summed E-state index contributed by atoms with van der Waals surface area (Å²) in [6.07, 6.45) is 3.00. The molecule has 2 aromatic carbocycles. The predicted molar refractivity (Wildman–Crippen MR) is 110 cm³/mol. The Morgan fingerprint density at radius 3 is 2.39 bits per heavy atom. The molecule has 0 aliphatic carbocycles. The van der Waals surface area contributed by atoms with Gasteiger partial charge < -0.3 is 13.9 Å². The number of carbonyl (C=O) groups is 1. The molecule has 28 heavy (non-hydrogen) atoms. The molecule has 0 fully saturated rings. The highest BCUT2D eigenvalue weighted by Crippen LogP contribution is 2.22. The van der Waals surface area contributed by atoms with Gasteiger partial charge in [0.2, 0.25) is 0 Å². The number of hydrogen-bond acceptors (Lipinski definition) is 4. The molecule has 4 nitrogen and oxygen atoms in total. The Balaban J connectivity index is 1.57. The molecule has 3 rings (SSSR count). The van der Waals surface area contributed by atoms with Crippen molar-refractivity contribution in [1.29, 1.82) is 0 Å². The Morgan fingerprint density at radius 2 is 1.71 bits per heavy atom. The second-order valence-corrected chi connectivity index (χ2v) is 6.66. The summed E-state index contributed by atoms with van der Waals surface area (Å²) in [7, 11) is 0. The first kappa shape index (κ1) is 20.1. The number of halogens is 2. The van der Waals surface area contributed by atoms with Gasteiger partial charge in [-0.3, -0.25) is 4.79 Å². The number of ether oxygens (including phenoxy) is 2. The number of benzene rings is 2. The number of hydrogen-bond donors (Lipinski definition) is 0. The second-order valence-electron chi connectivity index (χ2n) is 5.82. The predicted octanol–water partition coefficient (Wildman–Crippen LogP) is 6.46. The maximum atomic E-state index is 12.3. The number of rotatable bonds is 8. The lowest BCUT2D eigenvalue weighted by molar-refractivity contribution is 0.104. The Hall–Kier alpha value is -2.69. The van der Waals surface area contributed by atoms with E-state index in [1.807, 2.05) is 31.2 Å². The van der Waals surface area contributed by atoms with E-state index in [1.54, 1.807) is 30.3 Å². The fraction of sp³-hybridized carbons (Fsp3) is 0.136. The van der Waals surface area contributed by atoms with E-state index in [1.165, 1.54) is 12.1 Å². The fourth-order valence-electron chi connectivity index (χ4n) is 2.45. The van der Waals surface area contributed by atoms with Crippen molar-refractivity contribution in [2.24, 2.45) is 0 Å². The van der Waals surface area contributed by atoms with Gasteiger partial charge in [-0.2, -0.15) is 0 Å². The zero-order valence-corrected chi connectivity index (χ0v) is 16.7. The van der Waals surface area contributed by atoms with Crippen molar-refractivity contribution >= 4 is 35.1 Å². The first-order valence-corrected chi connectivity index (χ1v) is 9.42. The van der Waals surface area contributed by atoms with Crippen molar-refractivity contribution in [2.45, 2.75) is 13.5 Å². The summed E-state index contributed by atoms with van der Waals surface area (Å²) in [5.41, 5.74) is 0.382. The fourth-order valence-corrected chi connectivity index (χ4v) is 2.95. The molecule has 6 heteroatoms. The van der Waals surface area contributed by atoms with Gasteiger partial charge in [0.25, 0.3) is 0 Å². The zero-order chi connectivity index (χ0) is 19.9. The normalized spacial score (nSPS) is 11.0. The van der Waals surface area contributed by atoms with Gasteiger partial charge in [0.15, 0.2) is 5.78 Å². The van der Waals surface area contributed by atoms with Crippen LogP contribution in [0.1, 0.15) is 28.8 Å². The van der Waals surface area contributed by atoms with Gasteiger partial charge in [0, 0.05) is 10.6 Å². The van der Waals surface area contributed by atoms with E-state index in [9.17, 15) is 4.79 Å².